The van der Waals surface area contributed by atoms with Crippen LogP contribution >= 0.6 is 0 Å². The second-order valence-corrected chi connectivity index (χ2v) is 3.78. The third-order valence-electron chi connectivity index (χ3n) is 2.61. The van der Waals surface area contributed by atoms with Crippen LogP contribution in [-0.4, -0.2) is 13.1 Å². The van der Waals surface area contributed by atoms with E-state index in [9.17, 15) is 0 Å². The van der Waals surface area contributed by atoms with E-state index in [0.29, 0.717) is 13.1 Å². The minimum Gasteiger partial charge on any atom is -0.198 e. The Hall–Kier alpha value is -1.42. The molecule has 0 aliphatic heterocycles. The van der Waals surface area contributed by atoms with Crippen LogP contribution in [0.4, 0.5) is 0 Å². The van der Waals surface area contributed by atoms with Gasteiger partial charge in [0.05, 0.1) is 25.2 Å². The van der Waals surface area contributed by atoms with E-state index in [1.807, 2.05) is 13.8 Å². The predicted molar refractivity (Wildman–Crippen MR) is 62.6 cm³/mol. The Bertz CT molecular complexity index is 244. The molecule has 2 atom stereocenters. The first-order chi connectivity index (χ1) is 7.78. The Morgan fingerprint density at radius 2 is 1.25 bits per heavy atom. The van der Waals surface area contributed by atoms with Gasteiger partial charge in [0.15, 0.2) is 0 Å². The highest BCUT2D eigenvalue weighted by molar-refractivity contribution is 4.82. The van der Waals surface area contributed by atoms with Crippen molar-refractivity contribution >= 4 is 0 Å². The van der Waals surface area contributed by atoms with E-state index in [2.05, 4.69) is 22.4 Å². The largest absolute Gasteiger partial charge is 0.198 e. The van der Waals surface area contributed by atoms with Crippen LogP contribution in [0.5, 0.6) is 0 Å². The lowest BCUT2D eigenvalue weighted by molar-refractivity contribution is 0.563. The molecular formula is C12H20N4. The molecule has 4 nitrogen and oxygen atoms in total. The van der Waals surface area contributed by atoms with E-state index in [-0.39, 0.29) is 11.8 Å². The minimum absolute atomic E-state index is 0.0986. The third-order valence-corrected chi connectivity index (χ3v) is 2.61. The molecule has 0 rings (SSSR count). The van der Waals surface area contributed by atoms with Crippen molar-refractivity contribution in [2.75, 3.05) is 13.1 Å². The quantitative estimate of drug-likeness (QED) is 0.588. The Morgan fingerprint density at radius 1 is 0.875 bits per heavy atom. The minimum atomic E-state index is 0.0986. The molecule has 0 aromatic heterocycles. The Balaban J connectivity index is 3.57. The lowest BCUT2D eigenvalue weighted by Gasteiger charge is -2.02. The van der Waals surface area contributed by atoms with E-state index in [4.69, 9.17) is 10.5 Å². The highest BCUT2D eigenvalue weighted by Crippen LogP contribution is 2.07. The number of hydrogen-bond acceptors (Lipinski definition) is 4. The molecule has 0 heterocycles. The number of hydrogen-bond donors (Lipinski definition) is 0. The van der Waals surface area contributed by atoms with Crippen molar-refractivity contribution in [2.45, 2.75) is 39.5 Å². The predicted octanol–water partition coefficient (Wildman–Crippen LogP) is 3.32. The summed E-state index contributed by atoms with van der Waals surface area (Å²) >= 11 is 0. The molecule has 0 amide bonds. The first-order valence-corrected chi connectivity index (χ1v) is 5.90. The fraction of sp³-hybridized carbons (Fsp3) is 0.833. The van der Waals surface area contributed by atoms with Gasteiger partial charge in [-0.1, -0.05) is 13.8 Å². The summed E-state index contributed by atoms with van der Waals surface area (Å²) in [5.41, 5.74) is 0. The van der Waals surface area contributed by atoms with Crippen molar-refractivity contribution in [3.05, 3.63) is 0 Å². The van der Waals surface area contributed by atoms with Crippen LogP contribution in [0.15, 0.2) is 10.2 Å². The normalized spacial score (nSPS) is 14.2. The standard InChI is InChI=1S/C12H20N4/c1-3-11(9-13)5-7-15-16-8-6-12(4-2)10-14/h11-12H,3-8H2,1-2H3. The van der Waals surface area contributed by atoms with Gasteiger partial charge < -0.3 is 0 Å². The lowest BCUT2D eigenvalue weighted by atomic mass is 10.1. The maximum atomic E-state index is 8.71. The number of nitrogens with zero attached hydrogens (tertiary/aromatic N) is 4. The third kappa shape index (κ3) is 6.95. The monoisotopic (exact) mass is 220 g/mol. The summed E-state index contributed by atoms with van der Waals surface area (Å²) in [7, 11) is 0. The van der Waals surface area contributed by atoms with Gasteiger partial charge in [0, 0.05) is 11.8 Å². The molecule has 4 heteroatoms. The van der Waals surface area contributed by atoms with Gasteiger partial charge >= 0.3 is 0 Å². The molecule has 0 aromatic carbocycles. The lowest BCUT2D eigenvalue weighted by Crippen LogP contribution is -1.98. The summed E-state index contributed by atoms with van der Waals surface area (Å²) in [4.78, 5) is 0. The molecule has 0 N–H and O–H groups in total. The molecule has 2 unspecified atom stereocenters. The van der Waals surface area contributed by atoms with Crippen LogP contribution < -0.4 is 0 Å². The molecule has 88 valence electrons. The molecule has 0 aliphatic carbocycles. The Labute approximate surface area is 98.0 Å². The first kappa shape index (κ1) is 14.6. The van der Waals surface area contributed by atoms with Gasteiger partial charge in [-0.3, -0.25) is 0 Å². The van der Waals surface area contributed by atoms with Crippen LogP contribution in [0.25, 0.3) is 0 Å². The molecule has 0 spiro atoms. The summed E-state index contributed by atoms with van der Waals surface area (Å²) in [6.45, 7) is 5.25. The average molecular weight is 220 g/mol. The van der Waals surface area contributed by atoms with E-state index in [1.165, 1.54) is 0 Å². The second kappa shape index (κ2) is 10.1. The summed E-state index contributed by atoms with van der Waals surface area (Å²) in [6.07, 6.45) is 3.31. The smallest absolute Gasteiger partial charge is 0.0656 e. The molecule has 0 fully saturated rings. The Morgan fingerprint density at radius 3 is 1.50 bits per heavy atom. The van der Waals surface area contributed by atoms with Crippen molar-refractivity contribution < 1.29 is 0 Å². The molecule has 0 aliphatic rings. The number of nitriles is 2. The van der Waals surface area contributed by atoms with Gasteiger partial charge in [-0.2, -0.15) is 20.8 Å². The summed E-state index contributed by atoms with van der Waals surface area (Å²) in [5, 5.41) is 25.4. The molecule has 0 bridgehead atoms. The van der Waals surface area contributed by atoms with E-state index < -0.39 is 0 Å². The van der Waals surface area contributed by atoms with Gasteiger partial charge in [-0.15, -0.1) is 0 Å². The maximum Gasteiger partial charge on any atom is 0.0656 e. The average Bonchev–Trinajstić information content (AvgIpc) is 2.33. The van der Waals surface area contributed by atoms with E-state index in [1.54, 1.807) is 0 Å². The van der Waals surface area contributed by atoms with Crippen molar-refractivity contribution in [1.82, 2.24) is 0 Å². The van der Waals surface area contributed by atoms with Crippen LogP contribution in [0.2, 0.25) is 0 Å². The van der Waals surface area contributed by atoms with Crippen LogP contribution in [0.1, 0.15) is 39.5 Å². The van der Waals surface area contributed by atoms with Gasteiger partial charge in [-0.25, -0.2) is 0 Å². The zero-order valence-electron chi connectivity index (χ0n) is 10.2. The zero-order valence-corrected chi connectivity index (χ0v) is 10.2. The highest BCUT2D eigenvalue weighted by Gasteiger charge is 2.03. The zero-order chi connectivity index (χ0) is 12.2. The van der Waals surface area contributed by atoms with E-state index in [0.717, 1.165) is 25.7 Å². The molecule has 0 saturated heterocycles. The molecular weight excluding hydrogens is 200 g/mol. The summed E-state index contributed by atoms with van der Waals surface area (Å²) in [6, 6.07) is 4.47. The topological polar surface area (TPSA) is 72.3 Å². The number of azo groups is 1. The molecule has 0 radical (unpaired) electrons. The molecule has 0 aromatic rings. The molecule has 0 saturated carbocycles. The van der Waals surface area contributed by atoms with Crippen molar-refractivity contribution in [1.29, 1.82) is 10.5 Å². The van der Waals surface area contributed by atoms with Crippen LogP contribution in [-0.2, 0) is 0 Å². The van der Waals surface area contributed by atoms with Crippen molar-refractivity contribution in [3.8, 4) is 12.1 Å². The first-order valence-electron chi connectivity index (χ1n) is 5.90. The fourth-order valence-corrected chi connectivity index (χ4v) is 1.29. The Kier molecular flexibility index (Phi) is 9.21. The van der Waals surface area contributed by atoms with Crippen LogP contribution in [0, 0.1) is 34.5 Å². The van der Waals surface area contributed by atoms with Gasteiger partial charge in [-0.05, 0) is 25.7 Å². The van der Waals surface area contributed by atoms with Gasteiger partial charge in [0.1, 0.15) is 0 Å². The van der Waals surface area contributed by atoms with Crippen molar-refractivity contribution in [2.24, 2.45) is 22.1 Å². The molecule has 16 heavy (non-hydrogen) atoms. The number of rotatable bonds is 8. The summed E-state index contributed by atoms with van der Waals surface area (Å²) < 4.78 is 0. The van der Waals surface area contributed by atoms with Gasteiger partial charge in [0.25, 0.3) is 0 Å². The summed E-state index contributed by atoms with van der Waals surface area (Å²) in [5.74, 6) is 0.197. The highest BCUT2D eigenvalue weighted by atomic mass is 15.1. The fourth-order valence-electron chi connectivity index (χ4n) is 1.29. The SMILES string of the molecule is CCC(C#N)CCN=NCCC(C#N)CC. The van der Waals surface area contributed by atoms with E-state index >= 15 is 0 Å². The van der Waals surface area contributed by atoms with Crippen molar-refractivity contribution in [3.63, 3.8) is 0 Å². The second-order valence-electron chi connectivity index (χ2n) is 3.78. The van der Waals surface area contributed by atoms with Crippen LogP contribution in [0.3, 0.4) is 0 Å². The van der Waals surface area contributed by atoms with Gasteiger partial charge in [0.2, 0.25) is 0 Å². The maximum absolute atomic E-state index is 8.71.